The molecule has 4 atom stereocenters. The number of hydrogen-bond donors (Lipinski definition) is 0. The zero-order valence-corrected chi connectivity index (χ0v) is 11.3. The number of carbonyl (C=O) groups excluding carboxylic acids is 1. The average molecular weight is 256 g/mol. The van der Waals surface area contributed by atoms with Gasteiger partial charge in [-0.25, -0.2) is 0 Å². The first kappa shape index (κ1) is 11.8. The lowest BCUT2D eigenvalue weighted by Crippen LogP contribution is -2.44. The van der Waals surface area contributed by atoms with Crippen LogP contribution in [0.2, 0.25) is 0 Å². The van der Waals surface area contributed by atoms with Crippen molar-refractivity contribution in [3.63, 3.8) is 0 Å². The normalized spacial score (nSPS) is 45.3. The van der Waals surface area contributed by atoms with Crippen LogP contribution in [0.15, 0.2) is 0 Å². The summed E-state index contributed by atoms with van der Waals surface area (Å²) in [6.45, 7) is 3.90. The minimum atomic E-state index is 0.161. The van der Waals surface area contributed by atoms with E-state index in [1.165, 1.54) is 25.7 Å². The first-order chi connectivity index (χ1) is 8.18. The fourth-order valence-electron chi connectivity index (χ4n) is 3.79. The van der Waals surface area contributed by atoms with Gasteiger partial charge in [0.05, 0.1) is 5.38 Å². The average Bonchev–Trinajstić information content (AvgIpc) is 3.06. The number of halogens is 1. The summed E-state index contributed by atoms with van der Waals surface area (Å²) in [6.07, 6.45) is 6.31. The Hall–Kier alpha value is -0.240. The standard InChI is InChI=1S/C14H22ClNO/c1-9-6-7-16(8-12(9)15)14(17)13-10-4-2-3-5-11(10)13/h9-13H,2-8H2,1H3. The Morgan fingerprint density at radius 1 is 1.18 bits per heavy atom. The monoisotopic (exact) mass is 255 g/mol. The van der Waals surface area contributed by atoms with Crippen molar-refractivity contribution in [2.24, 2.45) is 23.7 Å². The van der Waals surface area contributed by atoms with Crippen LogP contribution >= 0.6 is 11.6 Å². The van der Waals surface area contributed by atoms with E-state index in [1.807, 2.05) is 4.90 Å². The Kier molecular flexibility index (Phi) is 3.10. The van der Waals surface area contributed by atoms with Crippen LogP contribution in [-0.4, -0.2) is 29.3 Å². The van der Waals surface area contributed by atoms with Gasteiger partial charge in [-0.3, -0.25) is 4.79 Å². The lowest BCUT2D eigenvalue weighted by atomic mass is 9.98. The second-order valence-corrected chi connectivity index (χ2v) is 6.76. The molecule has 3 fully saturated rings. The van der Waals surface area contributed by atoms with Crippen molar-refractivity contribution in [3.05, 3.63) is 0 Å². The Morgan fingerprint density at radius 3 is 2.41 bits per heavy atom. The summed E-state index contributed by atoms with van der Waals surface area (Å²) >= 11 is 6.29. The van der Waals surface area contributed by atoms with Gasteiger partial charge in [0, 0.05) is 19.0 Å². The van der Waals surface area contributed by atoms with Crippen LogP contribution in [0.3, 0.4) is 0 Å². The van der Waals surface area contributed by atoms with E-state index in [-0.39, 0.29) is 5.38 Å². The van der Waals surface area contributed by atoms with Gasteiger partial charge in [-0.2, -0.15) is 0 Å². The molecule has 0 aromatic heterocycles. The number of nitrogens with zero attached hydrogens (tertiary/aromatic N) is 1. The van der Waals surface area contributed by atoms with Crippen molar-refractivity contribution < 1.29 is 4.79 Å². The summed E-state index contributed by atoms with van der Waals surface area (Å²) in [5.74, 6) is 2.80. The fourth-order valence-corrected chi connectivity index (χ4v) is 4.08. The first-order valence-corrected chi connectivity index (χ1v) is 7.55. The van der Waals surface area contributed by atoms with E-state index >= 15 is 0 Å². The molecule has 0 aromatic carbocycles. The van der Waals surface area contributed by atoms with Crippen LogP contribution in [0.4, 0.5) is 0 Å². The molecular formula is C14H22ClNO. The molecule has 2 aliphatic carbocycles. The minimum absolute atomic E-state index is 0.161. The van der Waals surface area contributed by atoms with Crippen molar-refractivity contribution in [1.82, 2.24) is 4.90 Å². The Bertz CT molecular complexity index is 307. The summed E-state index contributed by atoms with van der Waals surface area (Å²) < 4.78 is 0. The van der Waals surface area contributed by atoms with Crippen LogP contribution in [0.1, 0.15) is 39.0 Å². The zero-order valence-electron chi connectivity index (χ0n) is 10.6. The van der Waals surface area contributed by atoms with Gasteiger partial charge in [0.2, 0.25) is 5.91 Å². The molecule has 1 aliphatic heterocycles. The molecule has 0 bridgehead atoms. The number of fused-ring (bicyclic) bond motifs is 1. The number of hydrogen-bond acceptors (Lipinski definition) is 1. The van der Waals surface area contributed by atoms with E-state index in [0.29, 0.717) is 17.7 Å². The molecule has 1 amide bonds. The predicted molar refractivity (Wildman–Crippen MR) is 68.9 cm³/mol. The molecule has 0 aromatic rings. The molecule has 2 nitrogen and oxygen atoms in total. The van der Waals surface area contributed by atoms with E-state index in [4.69, 9.17) is 11.6 Å². The van der Waals surface area contributed by atoms with E-state index in [9.17, 15) is 4.79 Å². The van der Waals surface area contributed by atoms with Gasteiger partial charge in [0.25, 0.3) is 0 Å². The Labute approximate surface area is 109 Å². The van der Waals surface area contributed by atoms with Gasteiger partial charge < -0.3 is 4.90 Å². The highest BCUT2D eigenvalue weighted by Crippen LogP contribution is 2.56. The summed E-state index contributed by atoms with van der Waals surface area (Å²) in [7, 11) is 0. The number of alkyl halides is 1. The molecule has 1 heterocycles. The van der Waals surface area contributed by atoms with Crippen molar-refractivity contribution in [2.45, 2.75) is 44.4 Å². The first-order valence-electron chi connectivity index (χ1n) is 7.11. The second kappa shape index (κ2) is 4.46. The van der Waals surface area contributed by atoms with E-state index in [1.54, 1.807) is 0 Å². The van der Waals surface area contributed by atoms with E-state index in [2.05, 4.69) is 6.92 Å². The highest BCUT2D eigenvalue weighted by atomic mass is 35.5. The highest BCUT2D eigenvalue weighted by molar-refractivity contribution is 6.21. The minimum Gasteiger partial charge on any atom is -0.341 e. The molecule has 17 heavy (non-hydrogen) atoms. The maximum absolute atomic E-state index is 12.4. The summed E-state index contributed by atoms with van der Waals surface area (Å²) in [4.78, 5) is 14.5. The smallest absolute Gasteiger partial charge is 0.226 e. The summed E-state index contributed by atoms with van der Waals surface area (Å²) in [6, 6.07) is 0. The lowest BCUT2D eigenvalue weighted by Gasteiger charge is -2.34. The number of rotatable bonds is 1. The van der Waals surface area contributed by atoms with Crippen molar-refractivity contribution in [2.75, 3.05) is 13.1 Å². The molecule has 4 unspecified atom stereocenters. The third-order valence-electron chi connectivity index (χ3n) is 5.12. The van der Waals surface area contributed by atoms with Crippen LogP contribution < -0.4 is 0 Å². The SMILES string of the molecule is CC1CCN(C(=O)C2C3CCCCC32)CC1Cl. The van der Waals surface area contributed by atoms with Gasteiger partial charge in [0.1, 0.15) is 0 Å². The molecule has 0 N–H and O–H groups in total. The molecule has 0 radical (unpaired) electrons. The largest absolute Gasteiger partial charge is 0.341 e. The second-order valence-electron chi connectivity index (χ2n) is 6.20. The lowest BCUT2D eigenvalue weighted by molar-refractivity contribution is -0.134. The van der Waals surface area contributed by atoms with Crippen LogP contribution in [0.25, 0.3) is 0 Å². The van der Waals surface area contributed by atoms with Gasteiger partial charge in [0.15, 0.2) is 0 Å². The van der Waals surface area contributed by atoms with E-state index < -0.39 is 0 Å². The molecule has 96 valence electrons. The quantitative estimate of drug-likeness (QED) is 0.660. The number of amides is 1. The topological polar surface area (TPSA) is 20.3 Å². The maximum Gasteiger partial charge on any atom is 0.226 e. The Balaban J connectivity index is 1.60. The molecule has 3 aliphatic rings. The van der Waals surface area contributed by atoms with Crippen LogP contribution in [0.5, 0.6) is 0 Å². The van der Waals surface area contributed by atoms with E-state index in [0.717, 1.165) is 31.3 Å². The molecule has 3 rings (SSSR count). The van der Waals surface area contributed by atoms with Crippen molar-refractivity contribution in [3.8, 4) is 0 Å². The maximum atomic E-state index is 12.4. The molecule has 1 saturated heterocycles. The van der Waals surface area contributed by atoms with Crippen LogP contribution in [0, 0.1) is 23.7 Å². The molecule has 2 saturated carbocycles. The number of piperidine rings is 1. The fraction of sp³-hybridized carbons (Fsp3) is 0.929. The van der Waals surface area contributed by atoms with Crippen molar-refractivity contribution in [1.29, 1.82) is 0 Å². The van der Waals surface area contributed by atoms with Gasteiger partial charge in [-0.1, -0.05) is 19.8 Å². The Morgan fingerprint density at radius 2 is 1.82 bits per heavy atom. The molecule has 0 spiro atoms. The highest BCUT2D eigenvalue weighted by Gasteiger charge is 2.56. The third kappa shape index (κ3) is 2.09. The predicted octanol–water partition coefficient (Wildman–Crippen LogP) is 2.90. The van der Waals surface area contributed by atoms with Gasteiger partial charge >= 0.3 is 0 Å². The van der Waals surface area contributed by atoms with Gasteiger partial charge in [-0.15, -0.1) is 11.6 Å². The van der Waals surface area contributed by atoms with Crippen molar-refractivity contribution >= 4 is 17.5 Å². The number of carbonyl (C=O) groups is 1. The molecule has 3 heteroatoms. The third-order valence-corrected chi connectivity index (χ3v) is 5.69. The van der Waals surface area contributed by atoms with Crippen LogP contribution in [-0.2, 0) is 4.79 Å². The molecular weight excluding hydrogens is 234 g/mol. The number of likely N-dealkylation sites (tertiary alicyclic amines) is 1. The summed E-state index contributed by atoms with van der Waals surface area (Å²) in [5.41, 5.74) is 0. The van der Waals surface area contributed by atoms with Gasteiger partial charge in [-0.05, 0) is 37.0 Å². The zero-order chi connectivity index (χ0) is 12.0. The summed E-state index contributed by atoms with van der Waals surface area (Å²) in [5, 5.41) is 0.161.